The van der Waals surface area contributed by atoms with Crippen molar-refractivity contribution >= 4 is 23.1 Å². The van der Waals surface area contributed by atoms with Gasteiger partial charge in [0.05, 0.1) is 28.7 Å². The van der Waals surface area contributed by atoms with Crippen LogP contribution in [0.3, 0.4) is 0 Å². The molecule has 1 aromatic carbocycles. The standard InChI is InChI=1S/C12H14ClN3OS/c1-7-12(18-16-15-7)11(14-2)8-4-5-9(13)10(6-8)17-3/h4-6,11,14H,1-3H3. The molecule has 1 unspecified atom stereocenters. The number of rotatable bonds is 4. The van der Waals surface area contributed by atoms with Gasteiger partial charge in [0, 0.05) is 0 Å². The molecular weight excluding hydrogens is 270 g/mol. The highest BCUT2D eigenvalue weighted by atomic mass is 35.5. The van der Waals surface area contributed by atoms with Crippen LogP contribution in [0.25, 0.3) is 0 Å². The summed E-state index contributed by atoms with van der Waals surface area (Å²) >= 11 is 7.43. The number of aryl methyl sites for hydroxylation is 1. The van der Waals surface area contributed by atoms with Gasteiger partial charge in [0.15, 0.2) is 0 Å². The van der Waals surface area contributed by atoms with Gasteiger partial charge in [-0.3, -0.25) is 0 Å². The summed E-state index contributed by atoms with van der Waals surface area (Å²) in [6, 6.07) is 5.80. The lowest BCUT2D eigenvalue weighted by Gasteiger charge is -2.16. The third-order valence-corrected chi connectivity index (χ3v) is 3.95. The first kappa shape index (κ1) is 13.3. The molecule has 4 nitrogen and oxygen atoms in total. The van der Waals surface area contributed by atoms with Crippen LogP contribution in [0.4, 0.5) is 0 Å². The molecule has 0 bridgehead atoms. The molecule has 1 aromatic heterocycles. The first-order valence-corrected chi connectivity index (χ1v) is 6.62. The zero-order valence-electron chi connectivity index (χ0n) is 10.4. The van der Waals surface area contributed by atoms with Crippen molar-refractivity contribution < 1.29 is 4.74 Å². The number of ether oxygens (including phenoxy) is 1. The van der Waals surface area contributed by atoms with Crippen molar-refractivity contribution in [3.05, 3.63) is 39.4 Å². The van der Waals surface area contributed by atoms with Gasteiger partial charge in [-0.25, -0.2) is 0 Å². The van der Waals surface area contributed by atoms with Crippen LogP contribution in [-0.2, 0) is 0 Å². The van der Waals surface area contributed by atoms with Gasteiger partial charge < -0.3 is 10.1 Å². The van der Waals surface area contributed by atoms with Crippen LogP contribution in [0, 0.1) is 6.92 Å². The second kappa shape index (κ2) is 5.65. The minimum absolute atomic E-state index is 0.0520. The number of methoxy groups -OCH3 is 1. The molecule has 96 valence electrons. The zero-order chi connectivity index (χ0) is 13.1. The van der Waals surface area contributed by atoms with Crippen molar-refractivity contribution in [2.24, 2.45) is 0 Å². The predicted octanol–water partition coefficient (Wildman–Crippen LogP) is 2.82. The van der Waals surface area contributed by atoms with Crippen molar-refractivity contribution in [3.8, 4) is 5.75 Å². The lowest BCUT2D eigenvalue weighted by molar-refractivity contribution is 0.414. The summed E-state index contributed by atoms with van der Waals surface area (Å²) in [5, 5.41) is 7.91. The van der Waals surface area contributed by atoms with Crippen LogP contribution in [0.2, 0.25) is 5.02 Å². The van der Waals surface area contributed by atoms with E-state index < -0.39 is 0 Å². The normalized spacial score (nSPS) is 12.4. The fraction of sp³-hybridized carbons (Fsp3) is 0.333. The number of hydrogen-bond acceptors (Lipinski definition) is 5. The van der Waals surface area contributed by atoms with Crippen LogP contribution < -0.4 is 10.1 Å². The average Bonchev–Trinajstić information content (AvgIpc) is 2.79. The predicted molar refractivity (Wildman–Crippen MR) is 73.6 cm³/mol. The van der Waals surface area contributed by atoms with E-state index in [2.05, 4.69) is 14.9 Å². The minimum atomic E-state index is 0.0520. The van der Waals surface area contributed by atoms with Crippen molar-refractivity contribution in [3.63, 3.8) is 0 Å². The first-order chi connectivity index (χ1) is 8.67. The third kappa shape index (κ3) is 2.48. The Balaban J connectivity index is 2.42. The molecule has 0 aliphatic heterocycles. The van der Waals surface area contributed by atoms with Gasteiger partial charge in [-0.1, -0.05) is 22.2 Å². The van der Waals surface area contributed by atoms with Crippen LogP contribution in [0.15, 0.2) is 18.2 Å². The Kier molecular flexibility index (Phi) is 4.16. The number of benzene rings is 1. The number of nitrogens with one attached hydrogen (secondary N) is 1. The van der Waals surface area contributed by atoms with Crippen molar-refractivity contribution in [2.45, 2.75) is 13.0 Å². The van der Waals surface area contributed by atoms with E-state index in [1.54, 1.807) is 7.11 Å². The van der Waals surface area contributed by atoms with Crippen LogP contribution >= 0.6 is 23.1 Å². The Morgan fingerprint density at radius 2 is 2.22 bits per heavy atom. The lowest BCUT2D eigenvalue weighted by Crippen LogP contribution is -2.17. The smallest absolute Gasteiger partial charge is 0.137 e. The maximum Gasteiger partial charge on any atom is 0.137 e. The molecule has 0 aliphatic carbocycles. The molecule has 1 heterocycles. The molecule has 0 spiro atoms. The number of aromatic nitrogens is 2. The summed E-state index contributed by atoms with van der Waals surface area (Å²) < 4.78 is 9.21. The van der Waals surface area contributed by atoms with E-state index in [-0.39, 0.29) is 6.04 Å². The molecule has 18 heavy (non-hydrogen) atoms. The van der Waals surface area contributed by atoms with E-state index in [1.165, 1.54) is 11.5 Å². The Morgan fingerprint density at radius 1 is 1.44 bits per heavy atom. The molecule has 0 fully saturated rings. The van der Waals surface area contributed by atoms with Gasteiger partial charge >= 0.3 is 0 Å². The Hall–Kier alpha value is -1.17. The van der Waals surface area contributed by atoms with Gasteiger partial charge in [0.2, 0.25) is 0 Å². The summed E-state index contributed by atoms with van der Waals surface area (Å²) in [6.07, 6.45) is 0. The molecular formula is C12H14ClN3OS. The average molecular weight is 284 g/mol. The van der Waals surface area contributed by atoms with E-state index in [4.69, 9.17) is 16.3 Å². The van der Waals surface area contributed by atoms with Gasteiger partial charge in [-0.2, -0.15) is 0 Å². The van der Waals surface area contributed by atoms with Gasteiger partial charge in [-0.05, 0) is 43.2 Å². The Morgan fingerprint density at radius 3 is 2.78 bits per heavy atom. The highest BCUT2D eigenvalue weighted by Crippen LogP contribution is 2.32. The summed E-state index contributed by atoms with van der Waals surface area (Å²) in [4.78, 5) is 1.10. The summed E-state index contributed by atoms with van der Waals surface area (Å²) in [5.41, 5.74) is 2.01. The molecule has 6 heteroatoms. The number of hydrogen-bond donors (Lipinski definition) is 1. The highest BCUT2D eigenvalue weighted by molar-refractivity contribution is 7.05. The van der Waals surface area contributed by atoms with E-state index in [0.29, 0.717) is 10.8 Å². The van der Waals surface area contributed by atoms with Crippen LogP contribution in [0.5, 0.6) is 5.75 Å². The zero-order valence-corrected chi connectivity index (χ0v) is 12.0. The van der Waals surface area contributed by atoms with Gasteiger partial charge in [-0.15, -0.1) is 5.10 Å². The van der Waals surface area contributed by atoms with Gasteiger partial charge in [0.1, 0.15) is 5.75 Å². The summed E-state index contributed by atoms with van der Waals surface area (Å²) in [7, 11) is 3.52. The molecule has 2 rings (SSSR count). The molecule has 1 N–H and O–H groups in total. The molecule has 0 amide bonds. The molecule has 0 radical (unpaired) electrons. The minimum Gasteiger partial charge on any atom is -0.495 e. The number of nitrogens with zero attached hydrogens (tertiary/aromatic N) is 2. The maximum atomic E-state index is 6.03. The topological polar surface area (TPSA) is 47.0 Å². The second-order valence-corrected chi connectivity index (χ2v) is 5.03. The lowest BCUT2D eigenvalue weighted by atomic mass is 10.0. The van der Waals surface area contributed by atoms with E-state index >= 15 is 0 Å². The summed E-state index contributed by atoms with van der Waals surface area (Å²) in [6.45, 7) is 1.95. The Bertz CT molecular complexity index is 544. The Labute approximate surface area is 115 Å². The van der Waals surface area contributed by atoms with Crippen molar-refractivity contribution in [2.75, 3.05) is 14.2 Å². The molecule has 2 aromatic rings. The van der Waals surface area contributed by atoms with Crippen molar-refractivity contribution in [1.29, 1.82) is 0 Å². The second-order valence-electron chi connectivity index (χ2n) is 3.84. The summed E-state index contributed by atoms with van der Waals surface area (Å²) in [5.74, 6) is 0.671. The SMILES string of the molecule is CNC(c1ccc(Cl)c(OC)c1)c1snnc1C. The monoisotopic (exact) mass is 283 g/mol. The largest absolute Gasteiger partial charge is 0.495 e. The number of halogens is 1. The van der Waals surface area contributed by atoms with Gasteiger partial charge in [0.25, 0.3) is 0 Å². The first-order valence-electron chi connectivity index (χ1n) is 5.47. The molecule has 0 saturated heterocycles. The third-order valence-electron chi connectivity index (χ3n) is 2.75. The molecule has 0 saturated carbocycles. The van der Waals surface area contributed by atoms with Crippen LogP contribution in [-0.4, -0.2) is 23.7 Å². The quantitative estimate of drug-likeness (QED) is 0.937. The fourth-order valence-corrected chi connectivity index (χ4v) is 2.79. The van der Waals surface area contributed by atoms with Crippen LogP contribution in [0.1, 0.15) is 22.2 Å². The van der Waals surface area contributed by atoms with Crippen molar-refractivity contribution in [1.82, 2.24) is 14.9 Å². The van der Waals surface area contributed by atoms with E-state index in [1.807, 2.05) is 32.2 Å². The highest BCUT2D eigenvalue weighted by Gasteiger charge is 2.18. The molecule has 1 atom stereocenters. The van der Waals surface area contributed by atoms with E-state index in [9.17, 15) is 0 Å². The van der Waals surface area contributed by atoms with E-state index in [0.717, 1.165) is 16.1 Å². The molecule has 0 aliphatic rings. The maximum absolute atomic E-state index is 6.03. The fourth-order valence-electron chi connectivity index (χ4n) is 1.81.